The minimum absolute atomic E-state index is 0.990. The molecule has 0 aliphatic carbocycles. The Morgan fingerprint density at radius 2 is 0.985 bits per heavy atom. The highest BCUT2D eigenvalue weighted by atomic mass is 32.1. The number of hydrogen-bond acceptors (Lipinski definition) is 2. The molecule has 0 amide bonds. The molecule has 10 aromatic carbocycles. The summed E-state index contributed by atoms with van der Waals surface area (Å²) in [7, 11) is 0. The number of benzene rings is 10. The lowest BCUT2D eigenvalue weighted by molar-refractivity contribution is 1.18. The number of para-hydroxylation sites is 1. The first-order valence-corrected chi connectivity index (χ1v) is 23.0. The van der Waals surface area contributed by atoms with Gasteiger partial charge in [-0.25, -0.2) is 0 Å². The van der Waals surface area contributed by atoms with Crippen LogP contribution in [0.2, 0.25) is 0 Å². The minimum atomic E-state index is 0.990. The summed E-state index contributed by atoms with van der Waals surface area (Å²) in [5.41, 5.74) is 15.3. The van der Waals surface area contributed by atoms with Crippen LogP contribution in [0.4, 0.5) is 0 Å². The number of nitrogens with zero attached hydrogens (tertiary/aromatic N) is 3. The van der Waals surface area contributed by atoms with Crippen LogP contribution in [0, 0.1) is 0 Å². The van der Waals surface area contributed by atoms with Gasteiger partial charge >= 0.3 is 0 Å². The molecule has 0 N–H and O–H groups in total. The van der Waals surface area contributed by atoms with E-state index in [1.165, 1.54) is 108 Å². The van der Waals surface area contributed by atoms with Crippen molar-refractivity contribution in [3.05, 3.63) is 225 Å². The molecule has 3 nitrogen and oxygen atoms in total. The number of hydrogen-bond donors (Lipinski definition) is 0. The third-order valence-corrected chi connectivity index (χ3v) is 14.7. The molecule has 0 fully saturated rings. The average Bonchev–Trinajstić information content (AvgIpc) is 4.03. The Balaban J connectivity index is 1.12. The van der Waals surface area contributed by atoms with Crippen molar-refractivity contribution in [2.45, 2.75) is 0 Å². The van der Waals surface area contributed by atoms with E-state index in [1.807, 2.05) is 23.6 Å². The van der Waals surface area contributed by atoms with Gasteiger partial charge in [0.05, 0.1) is 27.6 Å². The van der Waals surface area contributed by atoms with Crippen molar-refractivity contribution in [1.29, 1.82) is 0 Å². The summed E-state index contributed by atoms with van der Waals surface area (Å²) in [4.78, 5) is 4.71. The van der Waals surface area contributed by atoms with Gasteiger partial charge in [-0.05, 0) is 112 Å². The molecule has 0 unspecified atom stereocenters. The van der Waals surface area contributed by atoms with Gasteiger partial charge in [-0.1, -0.05) is 146 Å². The minimum Gasteiger partial charge on any atom is -0.309 e. The fourth-order valence-electron chi connectivity index (χ4n) is 10.6. The van der Waals surface area contributed by atoms with Crippen molar-refractivity contribution in [3.8, 4) is 44.8 Å². The largest absolute Gasteiger partial charge is 0.309 e. The van der Waals surface area contributed by atoms with Crippen LogP contribution < -0.4 is 0 Å². The molecule has 302 valence electrons. The van der Waals surface area contributed by atoms with Crippen molar-refractivity contribution in [2.24, 2.45) is 0 Å². The molecule has 0 aliphatic rings. The highest BCUT2D eigenvalue weighted by Gasteiger charge is 2.24. The van der Waals surface area contributed by atoms with Gasteiger partial charge < -0.3 is 9.13 Å². The second kappa shape index (κ2) is 14.1. The van der Waals surface area contributed by atoms with E-state index >= 15 is 0 Å². The predicted molar refractivity (Wildman–Crippen MR) is 277 cm³/mol. The lowest BCUT2D eigenvalue weighted by Gasteiger charge is -2.14. The van der Waals surface area contributed by atoms with Crippen LogP contribution in [0.15, 0.2) is 225 Å². The smallest absolute Gasteiger partial charge is 0.0703 e. The lowest BCUT2D eigenvalue weighted by Crippen LogP contribution is -1.96. The maximum absolute atomic E-state index is 4.71. The molecule has 0 bridgehead atoms. The second-order valence-corrected chi connectivity index (χ2v) is 18.2. The Hall–Kier alpha value is -8.31. The van der Waals surface area contributed by atoms with Gasteiger partial charge in [0.2, 0.25) is 0 Å². The Bertz CT molecular complexity index is 4160. The molecule has 0 aliphatic heterocycles. The van der Waals surface area contributed by atoms with Crippen LogP contribution in [0.25, 0.3) is 130 Å². The molecule has 0 saturated heterocycles. The fraction of sp³-hybridized carbons (Fsp3) is 0. The quantitative estimate of drug-likeness (QED) is 0.169. The number of pyridine rings is 1. The van der Waals surface area contributed by atoms with E-state index in [-0.39, 0.29) is 0 Å². The van der Waals surface area contributed by atoms with Gasteiger partial charge in [0.25, 0.3) is 0 Å². The number of thiophene rings is 1. The van der Waals surface area contributed by atoms with Crippen molar-refractivity contribution < 1.29 is 0 Å². The molecule has 4 aromatic heterocycles. The first-order valence-electron chi connectivity index (χ1n) is 22.2. The summed E-state index contributed by atoms with van der Waals surface area (Å²) in [6.45, 7) is 0. The summed E-state index contributed by atoms with van der Waals surface area (Å²) in [5.74, 6) is 0. The zero-order valence-corrected chi connectivity index (χ0v) is 35.9. The number of aromatic nitrogens is 3. The van der Waals surface area contributed by atoms with Crippen LogP contribution in [0.3, 0.4) is 0 Å². The molecule has 4 heterocycles. The molecular formula is C61H37N3S. The Labute approximate surface area is 378 Å². The van der Waals surface area contributed by atoms with E-state index < -0.39 is 0 Å². The highest BCUT2D eigenvalue weighted by Crippen LogP contribution is 2.50. The summed E-state index contributed by atoms with van der Waals surface area (Å²) >= 11 is 1.91. The van der Waals surface area contributed by atoms with E-state index in [9.17, 15) is 0 Å². The molecule has 65 heavy (non-hydrogen) atoms. The standard InChI is InChI=1S/C61H37N3S/c1-4-15-38(16-5-1)41-26-29-55-51(35-41)58-48-23-10-11-24-49(48)61-59(60(58)64(55)45-27-28-53-42(32-45)21-14-30-62-53)52-36-50-47-22-12-13-25-54(47)63(56(50)37-57(52)65-61)46-33-43(39-17-6-2-7-18-39)31-44(34-46)40-19-8-3-9-20-40/h1-37H. The van der Waals surface area contributed by atoms with E-state index in [4.69, 9.17) is 4.98 Å². The third-order valence-electron chi connectivity index (χ3n) is 13.5. The highest BCUT2D eigenvalue weighted by molar-refractivity contribution is 7.27. The first-order chi connectivity index (χ1) is 32.2. The third kappa shape index (κ3) is 5.51. The maximum atomic E-state index is 4.71. The van der Waals surface area contributed by atoms with Gasteiger partial charge in [-0.15, -0.1) is 11.3 Å². The Kier molecular flexibility index (Phi) is 7.85. The molecule has 14 aromatic rings. The van der Waals surface area contributed by atoms with E-state index in [2.05, 4.69) is 221 Å². The zero-order chi connectivity index (χ0) is 42.6. The van der Waals surface area contributed by atoms with Gasteiger partial charge in [0.1, 0.15) is 0 Å². The van der Waals surface area contributed by atoms with Crippen molar-refractivity contribution in [2.75, 3.05) is 0 Å². The normalized spacial score (nSPS) is 12.0. The van der Waals surface area contributed by atoms with E-state index in [0.29, 0.717) is 0 Å². The molecule has 0 spiro atoms. The number of fused-ring (bicyclic) bond motifs is 14. The molecular weight excluding hydrogens is 807 g/mol. The summed E-state index contributed by atoms with van der Waals surface area (Å²) < 4.78 is 7.59. The molecule has 0 radical (unpaired) electrons. The fourth-order valence-corrected chi connectivity index (χ4v) is 11.8. The first kappa shape index (κ1) is 36.2. The second-order valence-electron chi connectivity index (χ2n) is 17.1. The van der Waals surface area contributed by atoms with Crippen molar-refractivity contribution in [1.82, 2.24) is 14.1 Å². The van der Waals surface area contributed by atoms with Crippen molar-refractivity contribution in [3.63, 3.8) is 0 Å². The van der Waals surface area contributed by atoms with Gasteiger partial charge in [-0.3, -0.25) is 4.98 Å². The average molecular weight is 844 g/mol. The monoisotopic (exact) mass is 843 g/mol. The van der Waals surface area contributed by atoms with E-state index in [0.717, 1.165) is 22.3 Å². The van der Waals surface area contributed by atoms with Crippen LogP contribution in [-0.2, 0) is 0 Å². The lowest BCUT2D eigenvalue weighted by atomic mass is 9.97. The van der Waals surface area contributed by atoms with Crippen LogP contribution in [0.1, 0.15) is 0 Å². The maximum Gasteiger partial charge on any atom is 0.0703 e. The van der Waals surface area contributed by atoms with Crippen LogP contribution in [-0.4, -0.2) is 14.1 Å². The Morgan fingerprint density at radius 3 is 1.72 bits per heavy atom. The summed E-state index contributed by atoms with van der Waals surface area (Å²) in [6.07, 6.45) is 1.88. The van der Waals surface area contributed by atoms with Gasteiger partial charge in [-0.2, -0.15) is 0 Å². The topological polar surface area (TPSA) is 22.8 Å². The van der Waals surface area contributed by atoms with Gasteiger partial charge in [0, 0.05) is 70.1 Å². The van der Waals surface area contributed by atoms with Crippen LogP contribution in [0.5, 0.6) is 0 Å². The zero-order valence-electron chi connectivity index (χ0n) is 35.1. The van der Waals surface area contributed by atoms with Crippen molar-refractivity contribution >= 4 is 96.8 Å². The molecule has 14 rings (SSSR count). The molecule has 0 atom stereocenters. The molecule has 4 heteroatoms. The number of rotatable bonds is 5. The summed E-state index contributed by atoms with van der Waals surface area (Å²) in [5, 5.41) is 11.2. The van der Waals surface area contributed by atoms with E-state index in [1.54, 1.807) is 0 Å². The predicted octanol–water partition coefficient (Wildman–Crippen LogP) is 17.0. The summed E-state index contributed by atoms with van der Waals surface area (Å²) in [6, 6.07) is 80.2. The molecule has 0 saturated carbocycles. The van der Waals surface area contributed by atoms with Gasteiger partial charge in [0.15, 0.2) is 0 Å². The Morgan fingerprint density at radius 1 is 0.338 bits per heavy atom. The van der Waals surface area contributed by atoms with Crippen LogP contribution >= 0.6 is 11.3 Å². The SMILES string of the molecule is c1ccc(-c2cc(-c3ccccc3)cc(-n3c4ccccc4c4cc5c(cc43)sc3c4ccccc4c4c6cc(-c7ccccc7)ccc6n(-c6ccc7ncccc7c6)c4c53)c2)cc1.